The summed E-state index contributed by atoms with van der Waals surface area (Å²) in [7, 11) is 0. The van der Waals surface area contributed by atoms with Crippen molar-refractivity contribution >= 4 is 29.2 Å². The van der Waals surface area contributed by atoms with Crippen LogP contribution in [0.2, 0.25) is 5.02 Å². The molecule has 0 saturated carbocycles. The third-order valence-electron chi connectivity index (χ3n) is 2.75. The maximum atomic E-state index is 11.4. The number of benzene rings is 1. The monoisotopic (exact) mass is 324 g/mol. The SMILES string of the molecule is CCCNCc1c(Cl)cccc1Sc1nc(N)cc(=O)[nH]1. The van der Waals surface area contributed by atoms with Gasteiger partial charge in [0, 0.05) is 22.5 Å². The number of H-pyrrole nitrogens is 1. The van der Waals surface area contributed by atoms with Gasteiger partial charge in [0.05, 0.1) is 0 Å². The van der Waals surface area contributed by atoms with Crippen LogP contribution in [0.4, 0.5) is 5.82 Å². The van der Waals surface area contributed by atoms with Crippen molar-refractivity contribution in [3.63, 3.8) is 0 Å². The fraction of sp³-hybridized carbons (Fsp3) is 0.286. The number of halogens is 1. The smallest absolute Gasteiger partial charge is 0.253 e. The molecular formula is C14H17ClN4OS. The molecule has 1 aromatic carbocycles. The zero-order valence-electron chi connectivity index (χ0n) is 11.6. The molecule has 0 fully saturated rings. The summed E-state index contributed by atoms with van der Waals surface area (Å²) in [5.41, 5.74) is 6.32. The highest BCUT2D eigenvalue weighted by Crippen LogP contribution is 2.31. The highest BCUT2D eigenvalue weighted by molar-refractivity contribution is 7.99. The van der Waals surface area contributed by atoms with Crippen molar-refractivity contribution in [2.24, 2.45) is 0 Å². The number of aromatic nitrogens is 2. The first kappa shape index (κ1) is 15.9. The zero-order valence-corrected chi connectivity index (χ0v) is 13.2. The molecule has 4 N–H and O–H groups in total. The molecule has 21 heavy (non-hydrogen) atoms. The quantitative estimate of drug-likeness (QED) is 0.562. The van der Waals surface area contributed by atoms with Gasteiger partial charge in [0.1, 0.15) is 5.82 Å². The van der Waals surface area contributed by atoms with E-state index in [-0.39, 0.29) is 11.4 Å². The van der Waals surface area contributed by atoms with Gasteiger partial charge < -0.3 is 16.0 Å². The molecule has 2 aromatic rings. The molecule has 112 valence electrons. The maximum Gasteiger partial charge on any atom is 0.253 e. The standard InChI is InChI=1S/C14H17ClN4OS/c1-2-6-17-8-9-10(15)4-3-5-11(9)21-14-18-12(16)7-13(20)19-14/h3-5,7,17H,2,6,8H2,1H3,(H3,16,18,19,20). The minimum atomic E-state index is -0.266. The Morgan fingerprint density at radius 2 is 2.29 bits per heavy atom. The highest BCUT2D eigenvalue weighted by Gasteiger charge is 2.10. The van der Waals surface area contributed by atoms with Gasteiger partial charge in [-0.2, -0.15) is 0 Å². The second kappa shape index (κ2) is 7.49. The van der Waals surface area contributed by atoms with Gasteiger partial charge in [0.25, 0.3) is 5.56 Å². The number of nitrogens with one attached hydrogen (secondary N) is 2. The predicted molar refractivity (Wildman–Crippen MR) is 86.8 cm³/mol. The molecule has 0 bridgehead atoms. The molecule has 0 spiro atoms. The largest absolute Gasteiger partial charge is 0.383 e. The number of nitrogens with two attached hydrogens (primary N) is 1. The van der Waals surface area contributed by atoms with Crippen molar-refractivity contribution in [3.05, 3.63) is 45.2 Å². The van der Waals surface area contributed by atoms with Crippen molar-refractivity contribution < 1.29 is 0 Å². The van der Waals surface area contributed by atoms with Gasteiger partial charge in [-0.25, -0.2) is 4.98 Å². The lowest BCUT2D eigenvalue weighted by Crippen LogP contribution is -2.15. The average Bonchev–Trinajstić information content (AvgIpc) is 2.41. The Kier molecular flexibility index (Phi) is 5.67. The van der Waals surface area contributed by atoms with E-state index in [0.29, 0.717) is 16.7 Å². The van der Waals surface area contributed by atoms with E-state index < -0.39 is 0 Å². The van der Waals surface area contributed by atoms with Crippen LogP contribution >= 0.6 is 23.4 Å². The van der Waals surface area contributed by atoms with Gasteiger partial charge in [-0.15, -0.1) is 0 Å². The highest BCUT2D eigenvalue weighted by atomic mass is 35.5. The lowest BCUT2D eigenvalue weighted by Gasteiger charge is -2.11. The molecule has 0 aliphatic rings. The van der Waals surface area contributed by atoms with Crippen LogP contribution in [0.3, 0.4) is 0 Å². The Morgan fingerprint density at radius 1 is 1.48 bits per heavy atom. The van der Waals surface area contributed by atoms with Gasteiger partial charge in [-0.05, 0) is 30.7 Å². The van der Waals surface area contributed by atoms with Crippen LogP contribution in [-0.2, 0) is 6.54 Å². The number of anilines is 1. The summed E-state index contributed by atoms with van der Waals surface area (Å²) in [5, 5.41) is 4.47. The zero-order chi connectivity index (χ0) is 15.2. The maximum absolute atomic E-state index is 11.4. The second-order valence-electron chi connectivity index (χ2n) is 4.47. The van der Waals surface area contributed by atoms with E-state index in [1.165, 1.54) is 17.8 Å². The Bertz CT molecular complexity index is 674. The summed E-state index contributed by atoms with van der Waals surface area (Å²) in [6, 6.07) is 6.93. The molecule has 1 heterocycles. The summed E-state index contributed by atoms with van der Waals surface area (Å²) < 4.78 is 0. The van der Waals surface area contributed by atoms with E-state index >= 15 is 0 Å². The minimum absolute atomic E-state index is 0.203. The van der Waals surface area contributed by atoms with Crippen molar-refractivity contribution in [2.45, 2.75) is 29.9 Å². The molecule has 1 aromatic heterocycles. The molecule has 0 amide bonds. The fourth-order valence-electron chi connectivity index (χ4n) is 1.80. The van der Waals surface area contributed by atoms with Crippen LogP contribution in [0.25, 0.3) is 0 Å². The number of hydrogen-bond acceptors (Lipinski definition) is 5. The number of nitrogen functional groups attached to an aromatic ring is 1. The van der Waals surface area contributed by atoms with Crippen LogP contribution in [-0.4, -0.2) is 16.5 Å². The molecular weight excluding hydrogens is 308 g/mol. The molecule has 5 nitrogen and oxygen atoms in total. The number of nitrogens with zero attached hydrogens (tertiary/aromatic N) is 1. The normalized spacial score (nSPS) is 10.8. The lowest BCUT2D eigenvalue weighted by atomic mass is 10.2. The Labute approximate surface area is 132 Å². The van der Waals surface area contributed by atoms with Gasteiger partial charge in [-0.1, -0.05) is 36.4 Å². The van der Waals surface area contributed by atoms with Crippen LogP contribution in [0.1, 0.15) is 18.9 Å². The third kappa shape index (κ3) is 4.49. The Hall–Kier alpha value is -1.50. The molecule has 0 saturated heterocycles. The predicted octanol–water partition coefficient (Wildman–Crippen LogP) is 2.66. The third-order valence-corrected chi connectivity index (χ3v) is 4.09. The first-order chi connectivity index (χ1) is 10.1. The topological polar surface area (TPSA) is 83.8 Å². The van der Waals surface area contributed by atoms with E-state index in [9.17, 15) is 4.79 Å². The van der Waals surface area contributed by atoms with Gasteiger partial charge in [0.2, 0.25) is 0 Å². The van der Waals surface area contributed by atoms with Crippen LogP contribution in [0.15, 0.2) is 39.1 Å². The first-order valence-electron chi connectivity index (χ1n) is 6.63. The number of aromatic amines is 1. The lowest BCUT2D eigenvalue weighted by molar-refractivity contribution is 0.669. The van der Waals surface area contributed by atoms with Crippen molar-refractivity contribution in [1.29, 1.82) is 0 Å². The van der Waals surface area contributed by atoms with Crippen molar-refractivity contribution in [2.75, 3.05) is 12.3 Å². The molecule has 0 aliphatic heterocycles. The van der Waals surface area contributed by atoms with Crippen LogP contribution in [0, 0.1) is 0 Å². The fourth-order valence-corrected chi connectivity index (χ4v) is 3.06. The molecule has 2 rings (SSSR count). The summed E-state index contributed by atoms with van der Waals surface area (Å²) in [6.45, 7) is 3.70. The van der Waals surface area contributed by atoms with E-state index in [2.05, 4.69) is 22.2 Å². The number of hydrogen-bond donors (Lipinski definition) is 3. The molecule has 0 unspecified atom stereocenters. The average molecular weight is 325 g/mol. The summed E-state index contributed by atoms with van der Waals surface area (Å²) in [4.78, 5) is 19.2. The van der Waals surface area contributed by atoms with Crippen LogP contribution < -0.4 is 16.6 Å². The van der Waals surface area contributed by atoms with E-state index in [0.717, 1.165) is 23.4 Å². The van der Waals surface area contributed by atoms with Gasteiger partial charge in [-0.3, -0.25) is 4.79 Å². The molecule has 0 radical (unpaired) electrons. The van der Waals surface area contributed by atoms with Crippen molar-refractivity contribution in [1.82, 2.24) is 15.3 Å². The first-order valence-corrected chi connectivity index (χ1v) is 7.82. The Balaban J connectivity index is 2.26. The minimum Gasteiger partial charge on any atom is -0.383 e. The van der Waals surface area contributed by atoms with Crippen LogP contribution in [0.5, 0.6) is 0 Å². The molecule has 7 heteroatoms. The summed E-state index contributed by atoms with van der Waals surface area (Å²) >= 11 is 7.61. The number of rotatable bonds is 6. The second-order valence-corrected chi connectivity index (χ2v) is 5.91. The van der Waals surface area contributed by atoms with Gasteiger partial charge in [0.15, 0.2) is 5.16 Å². The van der Waals surface area contributed by atoms with Gasteiger partial charge >= 0.3 is 0 Å². The van der Waals surface area contributed by atoms with Crippen molar-refractivity contribution in [3.8, 4) is 0 Å². The van der Waals surface area contributed by atoms with E-state index in [1.54, 1.807) is 0 Å². The summed E-state index contributed by atoms with van der Waals surface area (Å²) in [5.74, 6) is 0.203. The van der Waals surface area contributed by atoms with E-state index in [4.69, 9.17) is 17.3 Å². The molecule has 0 aliphatic carbocycles. The Morgan fingerprint density at radius 3 is 3.00 bits per heavy atom. The summed E-state index contributed by atoms with van der Waals surface area (Å²) in [6.07, 6.45) is 1.05. The molecule has 0 atom stereocenters. The van der Waals surface area contributed by atoms with E-state index in [1.807, 2.05) is 18.2 Å².